The molecule has 2 aromatic rings. The third-order valence-electron chi connectivity index (χ3n) is 3.24. The second kappa shape index (κ2) is 7.13. The number of benzene rings is 1. The van der Waals surface area contributed by atoms with Gasteiger partial charge in [-0.1, -0.05) is 19.1 Å². The molecule has 0 aliphatic heterocycles. The van der Waals surface area contributed by atoms with Gasteiger partial charge in [0.1, 0.15) is 5.56 Å². The topological polar surface area (TPSA) is 85.1 Å². The third kappa shape index (κ3) is 3.67. The summed E-state index contributed by atoms with van der Waals surface area (Å²) in [6.45, 7) is 4.50. The first-order valence-corrected chi connectivity index (χ1v) is 7.81. The van der Waals surface area contributed by atoms with Gasteiger partial charge in [0.05, 0.1) is 15.6 Å². The largest absolute Gasteiger partial charge is 0.351 e. The van der Waals surface area contributed by atoms with Crippen LogP contribution in [-0.2, 0) is 12.8 Å². The molecule has 0 radical (unpaired) electrons. The molecule has 0 aliphatic carbocycles. The lowest BCUT2D eigenvalue weighted by atomic mass is 10.1. The van der Waals surface area contributed by atoms with Crippen molar-refractivity contribution in [2.45, 2.75) is 26.7 Å². The zero-order valence-corrected chi connectivity index (χ0v) is 13.3. The van der Waals surface area contributed by atoms with E-state index in [0.29, 0.717) is 13.0 Å². The Morgan fingerprint density at radius 1 is 1.41 bits per heavy atom. The molecule has 1 amide bonds. The van der Waals surface area contributed by atoms with Crippen molar-refractivity contribution < 1.29 is 9.72 Å². The van der Waals surface area contributed by atoms with Gasteiger partial charge < -0.3 is 5.32 Å². The highest BCUT2D eigenvalue weighted by atomic mass is 32.1. The Bertz CT molecular complexity index is 697. The summed E-state index contributed by atoms with van der Waals surface area (Å²) in [6, 6.07) is 5.93. The SMILES string of the molecule is CCc1nc(CCNC(=O)c2ccccc2[N+](=O)[O-])sc1C. The second-order valence-corrected chi connectivity index (χ2v) is 6.03. The molecule has 0 fully saturated rings. The van der Waals surface area contributed by atoms with Gasteiger partial charge in [0, 0.05) is 23.9 Å². The molecule has 0 atom stereocenters. The van der Waals surface area contributed by atoms with Crippen molar-refractivity contribution in [1.29, 1.82) is 0 Å². The zero-order valence-electron chi connectivity index (χ0n) is 12.5. The molecule has 7 heteroatoms. The maximum Gasteiger partial charge on any atom is 0.282 e. The molecule has 1 aromatic heterocycles. The van der Waals surface area contributed by atoms with Crippen molar-refractivity contribution in [3.8, 4) is 0 Å². The number of hydrogen-bond donors (Lipinski definition) is 1. The summed E-state index contributed by atoms with van der Waals surface area (Å²) in [6.07, 6.45) is 1.52. The van der Waals surface area contributed by atoms with E-state index in [-0.39, 0.29) is 11.3 Å². The number of thiazole rings is 1. The van der Waals surface area contributed by atoms with Crippen molar-refractivity contribution in [3.05, 3.63) is 55.5 Å². The fraction of sp³-hybridized carbons (Fsp3) is 0.333. The van der Waals surface area contributed by atoms with Crippen LogP contribution in [0.25, 0.3) is 0 Å². The molecule has 0 saturated heterocycles. The van der Waals surface area contributed by atoms with Gasteiger partial charge in [-0.25, -0.2) is 4.98 Å². The van der Waals surface area contributed by atoms with Crippen LogP contribution in [-0.4, -0.2) is 22.4 Å². The van der Waals surface area contributed by atoms with Gasteiger partial charge in [-0.3, -0.25) is 14.9 Å². The number of aryl methyl sites for hydroxylation is 2. The predicted molar refractivity (Wildman–Crippen MR) is 85.4 cm³/mol. The Kier molecular flexibility index (Phi) is 5.21. The van der Waals surface area contributed by atoms with Crippen LogP contribution in [0.4, 0.5) is 5.69 Å². The number of nitro groups is 1. The summed E-state index contributed by atoms with van der Waals surface area (Å²) in [4.78, 5) is 28.1. The molecule has 0 unspecified atom stereocenters. The summed E-state index contributed by atoms with van der Waals surface area (Å²) in [5.74, 6) is -0.434. The first-order chi connectivity index (χ1) is 10.5. The summed E-state index contributed by atoms with van der Waals surface area (Å²) in [7, 11) is 0. The van der Waals surface area contributed by atoms with Crippen LogP contribution < -0.4 is 5.32 Å². The Morgan fingerprint density at radius 3 is 2.77 bits per heavy atom. The van der Waals surface area contributed by atoms with Crippen LogP contribution >= 0.6 is 11.3 Å². The normalized spacial score (nSPS) is 10.5. The molecule has 0 aliphatic rings. The van der Waals surface area contributed by atoms with Gasteiger partial charge in [-0.2, -0.15) is 0 Å². The van der Waals surface area contributed by atoms with Crippen LogP contribution in [0.3, 0.4) is 0 Å². The predicted octanol–water partition coefficient (Wildman–Crippen LogP) is 2.89. The van der Waals surface area contributed by atoms with Crippen molar-refractivity contribution in [1.82, 2.24) is 10.3 Å². The fourth-order valence-electron chi connectivity index (χ4n) is 2.13. The standard InChI is InChI=1S/C15H17N3O3S/c1-3-12-10(2)22-14(17-12)8-9-16-15(19)11-6-4-5-7-13(11)18(20)21/h4-7H,3,8-9H2,1-2H3,(H,16,19). The number of nitro benzene ring substituents is 1. The van der Waals surface area contributed by atoms with E-state index in [2.05, 4.69) is 17.2 Å². The Hall–Kier alpha value is -2.28. The number of nitrogens with one attached hydrogen (secondary N) is 1. The van der Waals surface area contributed by atoms with Crippen LogP contribution in [0.2, 0.25) is 0 Å². The van der Waals surface area contributed by atoms with Crippen LogP contribution in [0.15, 0.2) is 24.3 Å². The van der Waals surface area contributed by atoms with E-state index in [1.54, 1.807) is 23.5 Å². The van der Waals surface area contributed by atoms with Crippen molar-refractivity contribution >= 4 is 22.9 Å². The number of amides is 1. The van der Waals surface area contributed by atoms with Gasteiger partial charge in [0.15, 0.2) is 0 Å². The van der Waals surface area contributed by atoms with Gasteiger partial charge in [-0.05, 0) is 19.4 Å². The van der Waals surface area contributed by atoms with Crippen molar-refractivity contribution in [2.75, 3.05) is 6.54 Å². The number of aromatic nitrogens is 1. The van der Waals surface area contributed by atoms with Gasteiger partial charge in [0.2, 0.25) is 0 Å². The lowest BCUT2D eigenvalue weighted by Crippen LogP contribution is -2.26. The highest BCUT2D eigenvalue weighted by Crippen LogP contribution is 2.19. The summed E-state index contributed by atoms with van der Waals surface area (Å²) >= 11 is 1.62. The highest BCUT2D eigenvalue weighted by Gasteiger charge is 2.18. The maximum absolute atomic E-state index is 12.1. The highest BCUT2D eigenvalue weighted by molar-refractivity contribution is 7.11. The lowest BCUT2D eigenvalue weighted by Gasteiger charge is -2.04. The Morgan fingerprint density at radius 2 is 2.14 bits per heavy atom. The first-order valence-electron chi connectivity index (χ1n) is 6.99. The quantitative estimate of drug-likeness (QED) is 0.655. The van der Waals surface area contributed by atoms with E-state index in [0.717, 1.165) is 17.1 Å². The second-order valence-electron chi connectivity index (χ2n) is 4.74. The molecule has 1 heterocycles. The number of carbonyl (C=O) groups is 1. The van der Waals surface area contributed by atoms with E-state index < -0.39 is 10.8 Å². The lowest BCUT2D eigenvalue weighted by molar-refractivity contribution is -0.385. The molecular weight excluding hydrogens is 302 g/mol. The molecule has 0 bridgehead atoms. The number of rotatable bonds is 6. The minimum absolute atomic E-state index is 0.0806. The molecule has 0 spiro atoms. The van der Waals surface area contributed by atoms with E-state index >= 15 is 0 Å². The first kappa shape index (κ1) is 16.1. The van der Waals surface area contributed by atoms with Gasteiger partial charge >= 0.3 is 0 Å². The van der Waals surface area contributed by atoms with E-state index in [9.17, 15) is 14.9 Å². The van der Waals surface area contributed by atoms with E-state index in [4.69, 9.17) is 0 Å². The minimum Gasteiger partial charge on any atom is -0.351 e. The monoisotopic (exact) mass is 319 g/mol. The molecule has 116 valence electrons. The smallest absolute Gasteiger partial charge is 0.282 e. The number of hydrogen-bond acceptors (Lipinski definition) is 5. The zero-order chi connectivity index (χ0) is 16.1. The van der Waals surface area contributed by atoms with Gasteiger partial charge in [-0.15, -0.1) is 11.3 Å². The molecule has 2 rings (SSSR count). The average Bonchev–Trinajstić information content (AvgIpc) is 2.87. The van der Waals surface area contributed by atoms with Crippen molar-refractivity contribution in [2.24, 2.45) is 0 Å². The molecule has 6 nitrogen and oxygen atoms in total. The van der Waals surface area contributed by atoms with Crippen molar-refractivity contribution in [3.63, 3.8) is 0 Å². The van der Waals surface area contributed by atoms with E-state index in [1.165, 1.54) is 17.0 Å². The average molecular weight is 319 g/mol. The Balaban J connectivity index is 1.97. The molecule has 0 saturated carbocycles. The number of carbonyl (C=O) groups excluding carboxylic acids is 1. The summed E-state index contributed by atoms with van der Waals surface area (Å²) in [5, 5.41) is 14.6. The van der Waals surface area contributed by atoms with Crippen LogP contribution in [0.5, 0.6) is 0 Å². The molecule has 1 N–H and O–H groups in total. The van der Waals surface area contributed by atoms with Crippen LogP contribution in [0.1, 0.15) is 32.9 Å². The third-order valence-corrected chi connectivity index (χ3v) is 4.31. The molecule has 1 aromatic carbocycles. The minimum atomic E-state index is -0.549. The number of nitrogens with zero attached hydrogens (tertiary/aromatic N) is 2. The van der Waals surface area contributed by atoms with E-state index in [1.807, 2.05) is 6.92 Å². The summed E-state index contributed by atoms with van der Waals surface area (Å²) < 4.78 is 0. The maximum atomic E-state index is 12.1. The fourth-order valence-corrected chi connectivity index (χ4v) is 3.15. The summed E-state index contributed by atoms with van der Waals surface area (Å²) in [5.41, 5.74) is 0.987. The molecule has 22 heavy (non-hydrogen) atoms. The number of para-hydroxylation sites is 1. The van der Waals surface area contributed by atoms with Gasteiger partial charge in [0.25, 0.3) is 11.6 Å². The molecular formula is C15H17N3O3S. The Labute approximate surface area is 132 Å². The van der Waals surface area contributed by atoms with Crippen LogP contribution in [0, 0.1) is 17.0 Å².